The number of hydrogen-bond donors (Lipinski definition) is 3. The van der Waals surface area contributed by atoms with Gasteiger partial charge in [0.1, 0.15) is 5.75 Å². The first-order valence-corrected chi connectivity index (χ1v) is 9.66. The van der Waals surface area contributed by atoms with Gasteiger partial charge >= 0.3 is 0 Å². The quantitative estimate of drug-likeness (QED) is 0.370. The lowest BCUT2D eigenvalue weighted by molar-refractivity contribution is -0.128. The van der Waals surface area contributed by atoms with Crippen LogP contribution in [0.4, 0.5) is 0 Å². The van der Waals surface area contributed by atoms with Crippen LogP contribution in [0.15, 0.2) is 23.2 Å². The predicted octanol–water partition coefficient (Wildman–Crippen LogP) is 3.00. The summed E-state index contributed by atoms with van der Waals surface area (Å²) >= 11 is 0. The Bertz CT molecular complexity index is 636. The molecule has 1 unspecified atom stereocenters. The number of carbonyl (C=O) groups excluding carboxylic acids is 1. The highest BCUT2D eigenvalue weighted by atomic mass is 16.5. The molecule has 1 aromatic carbocycles. The third-order valence-corrected chi connectivity index (χ3v) is 4.18. The molecule has 0 aliphatic carbocycles. The lowest BCUT2D eigenvalue weighted by atomic mass is 9.96. The fraction of sp³-hybridized carbons (Fsp3) is 0.619. The van der Waals surface area contributed by atoms with E-state index < -0.39 is 0 Å². The van der Waals surface area contributed by atoms with E-state index in [9.17, 15) is 4.79 Å². The van der Waals surface area contributed by atoms with Gasteiger partial charge in [-0.3, -0.25) is 9.79 Å². The SMILES string of the molecule is CCC(C)Oc1cc(C)ccc1CNC(=NC)NCCNC(=O)C(C)(C)C. The van der Waals surface area contributed by atoms with Crippen molar-refractivity contribution in [2.75, 3.05) is 20.1 Å². The number of aryl methyl sites for hydroxylation is 1. The summed E-state index contributed by atoms with van der Waals surface area (Å²) in [5.41, 5.74) is 1.89. The molecule has 27 heavy (non-hydrogen) atoms. The summed E-state index contributed by atoms with van der Waals surface area (Å²) in [4.78, 5) is 16.1. The molecule has 0 fully saturated rings. The van der Waals surface area contributed by atoms with Crippen LogP contribution in [0.2, 0.25) is 0 Å². The number of ether oxygens (including phenoxy) is 1. The minimum absolute atomic E-state index is 0.0405. The van der Waals surface area contributed by atoms with Crippen LogP contribution in [0.5, 0.6) is 5.75 Å². The number of nitrogens with one attached hydrogen (secondary N) is 3. The molecule has 1 atom stereocenters. The average Bonchev–Trinajstić information content (AvgIpc) is 2.61. The Balaban J connectivity index is 2.54. The Labute approximate surface area is 164 Å². The molecule has 1 aromatic rings. The van der Waals surface area contributed by atoms with Gasteiger partial charge in [-0.25, -0.2) is 0 Å². The number of amides is 1. The molecule has 0 spiro atoms. The van der Waals surface area contributed by atoms with E-state index in [2.05, 4.69) is 59.9 Å². The van der Waals surface area contributed by atoms with Crippen LogP contribution in [0.25, 0.3) is 0 Å². The fourth-order valence-electron chi connectivity index (χ4n) is 2.24. The summed E-state index contributed by atoms with van der Waals surface area (Å²) in [6.07, 6.45) is 1.14. The van der Waals surface area contributed by atoms with Crippen molar-refractivity contribution >= 4 is 11.9 Å². The van der Waals surface area contributed by atoms with Crippen molar-refractivity contribution in [2.45, 2.75) is 60.6 Å². The smallest absolute Gasteiger partial charge is 0.225 e. The first-order chi connectivity index (χ1) is 12.7. The van der Waals surface area contributed by atoms with Crippen molar-refractivity contribution in [2.24, 2.45) is 10.4 Å². The van der Waals surface area contributed by atoms with Crippen LogP contribution in [-0.2, 0) is 11.3 Å². The van der Waals surface area contributed by atoms with Crippen molar-refractivity contribution in [1.29, 1.82) is 0 Å². The number of aliphatic imine (C=N–C) groups is 1. The van der Waals surface area contributed by atoms with E-state index in [1.807, 2.05) is 20.8 Å². The van der Waals surface area contributed by atoms with Crippen molar-refractivity contribution in [3.63, 3.8) is 0 Å². The number of rotatable bonds is 8. The summed E-state index contributed by atoms with van der Waals surface area (Å²) in [6, 6.07) is 6.23. The second-order valence-corrected chi connectivity index (χ2v) is 7.81. The van der Waals surface area contributed by atoms with Gasteiger partial charge in [-0.2, -0.15) is 0 Å². The highest BCUT2D eigenvalue weighted by Gasteiger charge is 2.20. The Morgan fingerprint density at radius 1 is 1.19 bits per heavy atom. The lowest BCUT2D eigenvalue weighted by Gasteiger charge is -2.19. The van der Waals surface area contributed by atoms with Crippen LogP contribution in [0.1, 0.15) is 52.2 Å². The van der Waals surface area contributed by atoms with Gasteiger partial charge in [0.2, 0.25) is 5.91 Å². The Morgan fingerprint density at radius 2 is 1.85 bits per heavy atom. The second kappa shape index (κ2) is 10.8. The van der Waals surface area contributed by atoms with Gasteiger partial charge in [-0.15, -0.1) is 0 Å². The largest absolute Gasteiger partial charge is 0.490 e. The number of hydrogen-bond acceptors (Lipinski definition) is 3. The zero-order chi connectivity index (χ0) is 20.4. The topological polar surface area (TPSA) is 74.8 Å². The van der Waals surface area contributed by atoms with Crippen LogP contribution in [0.3, 0.4) is 0 Å². The molecular weight excluding hydrogens is 340 g/mol. The van der Waals surface area contributed by atoms with Crippen molar-refractivity contribution in [3.05, 3.63) is 29.3 Å². The monoisotopic (exact) mass is 376 g/mol. The van der Waals surface area contributed by atoms with Crippen LogP contribution in [0, 0.1) is 12.3 Å². The molecule has 0 saturated carbocycles. The molecule has 0 radical (unpaired) electrons. The molecule has 1 amide bonds. The highest BCUT2D eigenvalue weighted by molar-refractivity contribution is 5.81. The normalized spacial score (nSPS) is 13.1. The van der Waals surface area contributed by atoms with Gasteiger partial charge in [0.15, 0.2) is 5.96 Å². The Morgan fingerprint density at radius 3 is 2.44 bits per heavy atom. The van der Waals surface area contributed by atoms with Crippen LogP contribution < -0.4 is 20.7 Å². The minimum Gasteiger partial charge on any atom is -0.490 e. The van der Waals surface area contributed by atoms with Crippen LogP contribution >= 0.6 is 0 Å². The minimum atomic E-state index is -0.378. The van der Waals surface area contributed by atoms with Gasteiger partial charge in [0, 0.05) is 37.7 Å². The van der Waals surface area contributed by atoms with Gasteiger partial charge in [-0.05, 0) is 31.9 Å². The number of nitrogens with zero attached hydrogens (tertiary/aromatic N) is 1. The summed E-state index contributed by atoms with van der Waals surface area (Å²) in [6.45, 7) is 13.7. The van der Waals surface area contributed by atoms with Gasteiger partial charge in [-0.1, -0.05) is 39.8 Å². The number of benzene rings is 1. The maximum atomic E-state index is 11.9. The summed E-state index contributed by atoms with van der Waals surface area (Å²) in [5, 5.41) is 9.43. The van der Waals surface area contributed by atoms with Crippen LogP contribution in [-0.4, -0.2) is 38.1 Å². The highest BCUT2D eigenvalue weighted by Crippen LogP contribution is 2.22. The molecule has 0 aliphatic rings. The third kappa shape index (κ3) is 8.33. The first kappa shape index (κ1) is 22.8. The van der Waals surface area contributed by atoms with Crippen molar-refractivity contribution in [3.8, 4) is 5.75 Å². The van der Waals surface area contributed by atoms with E-state index in [-0.39, 0.29) is 17.4 Å². The van der Waals surface area contributed by atoms with E-state index >= 15 is 0 Å². The number of carbonyl (C=O) groups is 1. The van der Waals surface area contributed by atoms with E-state index in [1.54, 1.807) is 7.05 Å². The molecular formula is C21H36N4O2. The van der Waals surface area contributed by atoms with Crippen molar-refractivity contribution in [1.82, 2.24) is 16.0 Å². The molecule has 0 heterocycles. The Hall–Kier alpha value is -2.24. The summed E-state index contributed by atoms with van der Waals surface area (Å²) in [7, 11) is 1.73. The molecule has 6 nitrogen and oxygen atoms in total. The second-order valence-electron chi connectivity index (χ2n) is 7.81. The summed E-state index contributed by atoms with van der Waals surface area (Å²) in [5.74, 6) is 1.64. The molecule has 0 bridgehead atoms. The zero-order valence-electron chi connectivity index (χ0n) is 17.9. The van der Waals surface area contributed by atoms with Gasteiger partial charge in [0.05, 0.1) is 6.10 Å². The third-order valence-electron chi connectivity index (χ3n) is 4.18. The molecule has 0 aliphatic heterocycles. The van der Waals surface area contributed by atoms with E-state index in [0.29, 0.717) is 25.6 Å². The molecule has 3 N–H and O–H groups in total. The maximum Gasteiger partial charge on any atom is 0.225 e. The summed E-state index contributed by atoms with van der Waals surface area (Å²) < 4.78 is 6.05. The zero-order valence-corrected chi connectivity index (χ0v) is 17.9. The predicted molar refractivity (Wildman–Crippen MR) is 112 cm³/mol. The van der Waals surface area contributed by atoms with Gasteiger partial charge < -0.3 is 20.7 Å². The number of guanidine groups is 1. The molecule has 1 rings (SSSR count). The van der Waals surface area contributed by atoms with E-state index in [4.69, 9.17) is 4.74 Å². The molecule has 0 saturated heterocycles. The lowest BCUT2D eigenvalue weighted by Crippen LogP contribution is -2.43. The maximum absolute atomic E-state index is 11.9. The molecule has 0 aromatic heterocycles. The average molecular weight is 377 g/mol. The van der Waals surface area contributed by atoms with E-state index in [1.165, 1.54) is 5.56 Å². The fourth-order valence-corrected chi connectivity index (χ4v) is 2.24. The van der Waals surface area contributed by atoms with Crippen molar-refractivity contribution < 1.29 is 9.53 Å². The van der Waals surface area contributed by atoms with E-state index in [0.717, 1.165) is 17.7 Å². The standard InChI is InChI=1S/C21H36N4O2/c1-8-16(3)27-18-13-15(2)9-10-17(18)14-25-20(22-7)24-12-11-23-19(26)21(4,5)6/h9-10,13,16H,8,11-12,14H2,1-7H3,(H,23,26)(H2,22,24,25). The van der Waals surface area contributed by atoms with Gasteiger partial charge in [0.25, 0.3) is 0 Å². The molecule has 6 heteroatoms. The molecule has 152 valence electrons. The Kier molecular flexibility index (Phi) is 9.12. The first-order valence-electron chi connectivity index (χ1n) is 9.66.